The third-order valence-electron chi connectivity index (χ3n) is 3.73. The summed E-state index contributed by atoms with van der Waals surface area (Å²) in [5.41, 5.74) is 0.0890. The van der Waals surface area contributed by atoms with Crippen molar-refractivity contribution in [1.29, 1.82) is 0 Å². The van der Waals surface area contributed by atoms with Crippen LogP contribution in [0.1, 0.15) is 38.3 Å². The first kappa shape index (κ1) is 18.6. The van der Waals surface area contributed by atoms with Gasteiger partial charge in [0.25, 0.3) is 0 Å². The molecule has 2 rings (SSSR count). The largest absolute Gasteiger partial charge is 0.478 e. The van der Waals surface area contributed by atoms with Gasteiger partial charge in [0.05, 0.1) is 0 Å². The lowest BCUT2D eigenvalue weighted by Crippen LogP contribution is -2.50. The van der Waals surface area contributed by atoms with E-state index < -0.39 is 22.8 Å². The molecule has 1 unspecified atom stereocenters. The zero-order valence-electron chi connectivity index (χ0n) is 13.5. The molecular weight excluding hydrogens is 345 g/mol. The van der Waals surface area contributed by atoms with E-state index in [1.807, 2.05) is 0 Å². The maximum Gasteiger partial charge on any atom is 0.448 e. The summed E-state index contributed by atoms with van der Waals surface area (Å²) < 4.78 is 44.7. The topological polar surface area (TPSA) is 46.5 Å². The second kappa shape index (κ2) is 5.99. The number of hydrogen-bond donors (Lipinski definition) is 1. The monoisotopic (exact) mass is 362 g/mol. The van der Waals surface area contributed by atoms with Gasteiger partial charge in [-0.3, -0.25) is 0 Å². The number of halogens is 4. The van der Waals surface area contributed by atoms with Crippen LogP contribution >= 0.6 is 11.6 Å². The fourth-order valence-corrected chi connectivity index (χ4v) is 2.54. The number of hydrogen-bond acceptors (Lipinski definition) is 2. The second-order valence-corrected chi connectivity index (χ2v) is 7.52. The van der Waals surface area contributed by atoms with Crippen molar-refractivity contribution in [2.24, 2.45) is 5.41 Å². The van der Waals surface area contributed by atoms with Crippen LogP contribution in [0.2, 0.25) is 0 Å². The minimum atomic E-state index is -5.07. The lowest BCUT2D eigenvalue weighted by atomic mass is 9.88. The van der Waals surface area contributed by atoms with Gasteiger partial charge in [0.15, 0.2) is 0 Å². The number of carboxylic acid groups (broad SMARTS) is 1. The van der Waals surface area contributed by atoms with Crippen LogP contribution in [0, 0.1) is 5.41 Å². The molecule has 1 aliphatic rings. The molecule has 0 bridgehead atoms. The molecule has 1 atom stereocenters. The molecule has 0 saturated carbocycles. The van der Waals surface area contributed by atoms with Gasteiger partial charge in [-0.25, -0.2) is 4.79 Å². The minimum absolute atomic E-state index is 0.0706. The van der Waals surface area contributed by atoms with Gasteiger partial charge in [0.2, 0.25) is 0 Å². The Hall–Kier alpha value is -1.69. The van der Waals surface area contributed by atoms with Crippen molar-refractivity contribution in [3.63, 3.8) is 0 Å². The summed E-state index contributed by atoms with van der Waals surface area (Å²) in [6.45, 7) is 6.20. The van der Waals surface area contributed by atoms with E-state index in [4.69, 9.17) is 21.4 Å². The highest BCUT2D eigenvalue weighted by Crippen LogP contribution is 2.48. The SMILES string of the molecule is CC(C)(C)CCc1ccc2c(c1)OC(Cl)(C(F)(F)F)C(C(=O)O)=C2. The van der Waals surface area contributed by atoms with Crippen LogP contribution in [0.3, 0.4) is 0 Å². The standard InChI is InChI=1S/C17H18ClF3O3/c1-15(2,3)7-6-10-4-5-11-9-12(14(22)23)16(18,17(19,20)21)24-13(11)8-10/h4-5,8-9H,6-7H2,1-3H3,(H,22,23). The van der Waals surface area contributed by atoms with Crippen molar-refractivity contribution < 1.29 is 27.8 Å². The molecule has 0 radical (unpaired) electrons. The fraction of sp³-hybridized carbons (Fsp3) is 0.471. The van der Waals surface area contributed by atoms with Crippen LogP contribution in [0.15, 0.2) is 23.8 Å². The highest BCUT2D eigenvalue weighted by atomic mass is 35.5. The van der Waals surface area contributed by atoms with E-state index in [-0.39, 0.29) is 16.7 Å². The van der Waals surface area contributed by atoms with Gasteiger partial charge < -0.3 is 9.84 Å². The van der Waals surface area contributed by atoms with E-state index in [0.29, 0.717) is 6.42 Å². The fourth-order valence-electron chi connectivity index (χ4n) is 2.33. The minimum Gasteiger partial charge on any atom is -0.478 e. The van der Waals surface area contributed by atoms with Crippen molar-refractivity contribution in [1.82, 2.24) is 0 Å². The molecule has 1 aliphatic heterocycles. The molecule has 0 amide bonds. The molecule has 132 valence electrons. The van der Waals surface area contributed by atoms with Crippen LogP contribution in [0.25, 0.3) is 6.08 Å². The average Bonchev–Trinajstić information content (AvgIpc) is 2.41. The Kier molecular flexibility index (Phi) is 4.65. The highest BCUT2D eigenvalue weighted by molar-refractivity contribution is 6.29. The van der Waals surface area contributed by atoms with E-state index in [2.05, 4.69) is 20.8 Å². The molecule has 1 aromatic carbocycles. The molecule has 1 N–H and O–H groups in total. The summed E-state index contributed by atoms with van der Waals surface area (Å²) in [5, 5.41) is 5.66. The molecule has 1 aromatic rings. The van der Waals surface area contributed by atoms with Crippen LogP contribution in [-0.4, -0.2) is 22.3 Å². The quantitative estimate of drug-likeness (QED) is 0.768. The van der Waals surface area contributed by atoms with Gasteiger partial charge in [-0.2, -0.15) is 13.2 Å². The number of rotatable bonds is 3. The first-order chi connectivity index (χ1) is 10.8. The molecular formula is C17H18ClF3O3. The van der Waals surface area contributed by atoms with E-state index >= 15 is 0 Å². The summed E-state index contributed by atoms with van der Waals surface area (Å²) in [5.74, 6) is -1.84. The maximum absolute atomic E-state index is 13.3. The number of alkyl halides is 4. The molecule has 24 heavy (non-hydrogen) atoms. The Balaban J connectivity index is 2.42. The van der Waals surface area contributed by atoms with Crippen molar-refractivity contribution in [3.05, 3.63) is 34.9 Å². The van der Waals surface area contributed by atoms with E-state index in [0.717, 1.165) is 18.1 Å². The first-order valence-corrected chi connectivity index (χ1v) is 7.74. The molecule has 0 spiro atoms. The van der Waals surface area contributed by atoms with Crippen LogP contribution < -0.4 is 4.74 Å². The third kappa shape index (κ3) is 3.69. The predicted octanol–water partition coefficient (Wildman–Crippen LogP) is 5.02. The van der Waals surface area contributed by atoms with Crippen LogP contribution in [0.5, 0.6) is 5.75 Å². The van der Waals surface area contributed by atoms with Crippen molar-refractivity contribution in [2.75, 3.05) is 0 Å². The van der Waals surface area contributed by atoms with Crippen molar-refractivity contribution in [2.45, 2.75) is 44.8 Å². The normalized spacial score (nSPS) is 20.9. The highest BCUT2D eigenvalue weighted by Gasteiger charge is 2.62. The maximum atomic E-state index is 13.3. The number of ether oxygens (including phenoxy) is 1. The number of fused-ring (bicyclic) bond motifs is 1. The van der Waals surface area contributed by atoms with Crippen LogP contribution in [-0.2, 0) is 11.2 Å². The summed E-state index contributed by atoms with van der Waals surface area (Å²) in [7, 11) is 0. The summed E-state index contributed by atoms with van der Waals surface area (Å²) >= 11 is 5.55. The Morgan fingerprint density at radius 2 is 1.92 bits per heavy atom. The lowest BCUT2D eigenvalue weighted by molar-refractivity contribution is -0.204. The van der Waals surface area contributed by atoms with Gasteiger partial charge in [0, 0.05) is 5.56 Å². The Labute approximate surface area is 143 Å². The van der Waals surface area contributed by atoms with Gasteiger partial charge in [0.1, 0.15) is 11.3 Å². The van der Waals surface area contributed by atoms with E-state index in [1.54, 1.807) is 12.1 Å². The van der Waals surface area contributed by atoms with Gasteiger partial charge in [-0.05, 0) is 36.0 Å². The van der Waals surface area contributed by atoms with E-state index in [9.17, 15) is 18.0 Å². The lowest BCUT2D eigenvalue weighted by Gasteiger charge is -2.34. The van der Waals surface area contributed by atoms with Gasteiger partial charge >= 0.3 is 17.2 Å². The zero-order chi connectivity index (χ0) is 18.3. The summed E-state index contributed by atoms with van der Waals surface area (Å²) in [6.07, 6.45) is -2.66. The smallest absolute Gasteiger partial charge is 0.448 e. The first-order valence-electron chi connectivity index (χ1n) is 7.36. The number of carboxylic acids is 1. The number of carbonyl (C=O) groups is 1. The Morgan fingerprint density at radius 1 is 1.29 bits per heavy atom. The molecule has 0 aromatic heterocycles. The summed E-state index contributed by atoms with van der Waals surface area (Å²) in [6, 6.07) is 4.78. The van der Waals surface area contributed by atoms with Crippen molar-refractivity contribution in [3.8, 4) is 5.75 Å². The van der Waals surface area contributed by atoms with Crippen molar-refractivity contribution >= 4 is 23.6 Å². The molecule has 1 heterocycles. The average molecular weight is 363 g/mol. The predicted molar refractivity (Wildman–Crippen MR) is 85.1 cm³/mol. The molecule has 7 heteroatoms. The van der Waals surface area contributed by atoms with Gasteiger partial charge in [-0.15, -0.1) is 0 Å². The number of aryl methyl sites for hydroxylation is 1. The number of aliphatic carboxylic acids is 1. The molecule has 0 fully saturated rings. The van der Waals surface area contributed by atoms with Gasteiger partial charge in [-0.1, -0.05) is 44.5 Å². The third-order valence-corrected chi connectivity index (χ3v) is 4.23. The molecule has 0 saturated heterocycles. The number of benzene rings is 1. The van der Waals surface area contributed by atoms with E-state index in [1.165, 1.54) is 6.07 Å². The Morgan fingerprint density at radius 3 is 2.42 bits per heavy atom. The van der Waals surface area contributed by atoms with Crippen LogP contribution in [0.4, 0.5) is 13.2 Å². The zero-order valence-corrected chi connectivity index (χ0v) is 14.3. The second-order valence-electron chi connectivity index (χ2n) is 6.99. The summed E-state index contributed by atoms with van der Waals surface area (Å²) in [4.78, 5) is 11.2. The molecule has 3 nitrogen and oxygen atoms in total. The molecule has 0 aliphatic carbocycles. The Bertz CT molecular complexity index is 689.